The number of hydrogen-bond donors (Lipinski definition) is 1. The summed E-state index contributed by atoms with van der Waals surface area (Å²) in [7, 11) is 1.70. The lowest BCUT2D eigenvalue weighted by Crippen LogP contribution is -1.94. The first-order chi connectivity index (χ1) is 7.10. The average Bonchev–Trinajstić information content (AvgIpc) is 2.19. The molecular weight excluding hydrogens is 190 g/mol. The van der Waals surface area contributed by atoms with Crippen molar-refractivity contribution in [1.82, 2.24) is 0 Å². The Hall–Kier alpha value is -1.35. The third kappa shape index (κ3) is 7.70. The van der Waals surface area contributed by atoms with Crippen LogP contribution in [0.25, 0.3) is 0 Å². The predicted octanol–water partition coefficient (Wildman–Crippen LogP) is 2.60. The smallest absolute Gasteiger partial charge is 0.211 e. The van der Waals surface area contributed by atoms with E-state index in [1.807, 2.05) is 45.0 Å². The molecule has 0 bridgehead atoms. The highest BCUT2D eigenvalue weighted by Gasteiger charge is 1.87. The van der Waals surface area contributed by atoms with E-state index in [2.05, 4.69) is 5.32 Å². The Kier molecular flexibility index (Phi) is 7.28. The highest BCUT2D eigenvalue weighted by Crippen LogP contribution is 2.07. The molecule has 15 heavy (non-hydrogen) atoms. The van der Waals surface area contributed by atoms with Crippen molar-refractivity contribution in [1.29, 1.82) is 0 Å². The maximum atomic E-state index is 9.97. The van der Waals surface area contributed by atoms with Crippen LogP contribution in [0.1, 0.15) is 19.4 Å². The topological polar surface area (TPSA) is 38.3 Å². The molecule has 0 unspecified atom stereocenters. The minimum Gasteiger partial charge on any atom is -0.382 e. The summed E-state index contributed by atoms with van der Waals surface area (Å²) in [5.74, 6) is 0. The van der Waals surface area contributed by atoms with Crippen LogP contribution < -0.4 is 5.32 Å². The van der Waals surface area contributed by atoms with E-state index in [1.54, 1.807) is 7.11 Å². The van der Waals surface area contributed by atoms with E-state index < -0.39 is 0 Å². The fourth-order valence-corrected chi connectivity index (χ4v) is 0.803. The van der Waals surface area contributed by atoms with Crippen molar-refractivity contribution in [2.45, 2.75) is 26.9 Å². The summed E-state index contributed by atoms with van der Waals surface area (Å²) >= 11 is 0. The maximum Gasteiger partial charge on any atom is 0.211 e. The Morgan fingerprint density at radius 1 is 1.40 bits per heavy atom. The standard InChI is InChI=1S/C8H9NO.C4H10O/c1-7-3-2-4-8(5-7)9-6-10;1-4(2)5-3/h2-6H,1H3,(H,9,10);4H,1-3H3. The second kappa shape index (κ2) is 8.00. The van der Waals surface area contributed by atoms with Gasteiger partial charge in [-0.1, -0.05) is 12.1 Å². The van der Waals surface area contributed by atoms with Crippen molar-refractivity contribution < 1.29 is 9.53 Å². The van der Waals surface area contributed by atoms with Crippen molar-refractivity contribution >= 4 is 12.1 Å². The highest BCUT2D eigenvalue weighted by atomic mass is 16.5. The minimum absolute atomic E-state index is 0.384. The van der Waals surface area contributed by atoms with Gasteiger partial charge in [0.25, 0.3) is 0 Å². The SMILES string of the molecule is COC(C)C.Cc1cccc(NC=O)c1. The number of methoxy groups -OCH3 is 1. The maximum absolute atomic E-state index is 9.97. The third-order valence-electron chi connectivity index (χ3n) is 1.72. The van der Waals surface area contributed by atoms with Gasteiger partial charge >= 0.3 is 0 Å². The number of anilines is 1. The zero-order valence-corrected chi connectivity index (χ0v) is 9.78. The molecule has 0 aromatic heterocycles. The largest absolute Gasteiger partial charge is 0.382 e. The molecule has 0 aliphatic heterocycles. The molecule has 1 aromatic carbocycles. The fraction of sp³-hybridized carbons (Fsp3) is 0.417. The number of benzene rings is 1. The molecule has 84 valence electrons. The molecule has 3 nitrogen and oxygen atoms in total. The summed E-state index contributed by atoms with van der Waals surface area (Å²) in [6, 6.07) is 7.65. The molecule has 1 amide bonds. The van der Waals surface area contributed by atoms with Crippen molar-refractivity contribution in [3.05, 3.63) is 29.8 Å². The number of amides is 1. The molecule has 1 aromatic rings. The molecule has 0 atom stereocenters. The van der Waals surface area contributed by atoms with Crippen LogP contribution in [0.3, 0.4) is 0 Å². The third-order valence-corrected chi connectivity index (χ3v) is 1.72. The summed E-state index contributed by atoms with van der Waals surface area (Å²) in [6.45, 7) is 5.98. The van der Waals surface area contributed by atoms with E-state index in [0.29, 0.717) is 12.5 Å². The van der Waals surface area contributed by atoms with E-state index in [4.69, 9.17) is 4.74 Å². The van der Waals surface area contributed by atoms with Gasteiger partial charge in [0.15, 0.2) is 0 Å². The molecule has 0 saturated carbocycles. The van der Waals surface area contributed by atoms with Gasteiger partial charge in [-0.25, -0.2) is 0 Å². The monoisotopic (exact) mass is 209 g/mol. The molecule has 0 saturated heterocycles. The van der Waals surface area contributed by atoms with E-state index in [-0.39, 0.29) is 0 Å². The quantitative estimate of drug-likeness (QED) is 0.777. The van der Waals surface area contributed by atoms with Gasteiger partial charge in [-0.05, 0) is 38.5 Å². The normalized spacial score (nSPS) is 9.13. The van der Waals surface area contributed by atoms with Gasteiger partial charge < -0.3 is 10.1 Å². The molecule has 0 fully saturated rings. The number of carbonyl (C=O) groups excluding carboxylic acids is 1. The predicted molar refractivity (Wildman–Crippen MR) is 63.0 cm³/mol. The van der Waals surface area contributed by atoms with Crippen LogP contribution in [-0.4, -0.2) is 19.6 Å². The van der Waals surface area contributed by atoms with Gasteiger partial charge in [-0.3, -0.25) is 4.79 Å². The first-order valence-electron chi connectivity index (χ1n) is 4.89. The van der Waals surface area contributed by atoms with Crippen molar-refractivity contribution in [3.63, 3.8) is 0 Å². The molecule has 0 radical (unpaired) electrons. The summed E-state index contributed by atoms with van der Waals surface area (Å²) < 4.78 is 4.75. The minimum atomic E-state index is 0.384. The van der Waals surface area contributed by atoms with Crippen LogP contribution in [-0.2, 0) is 9.53 Å². The fourth-order valence-electron chi connectivity index (χ4n) is 0.803. The van der Waals surface area contributed by atoms with Crippen LogP contribution in [0.2, 0.25) is 0 Å². The Morgan fingerprint density at radius 2 is 2.00 bits per heavy atom. The average molecular weight is 209 g/mol. The van der Waals surface area contributed by atoms with Crippen LogP contribution in [0, 0.1) is 6.92 Å². The molecule has 1 N–H and O–H groups in total. The summed E-state index contributed by atoms with van der Waals surface area (Å²) in [5, 5.41) is 2.57. The van der Waals surface area contributed by atoms with Gasteiger partial charge in [-0.2, -0.15) is 0 Å². The number of nitrogens with one attached hydrogen (secondary N) is 1. The molecule has 0 heterocycles. The van der Waals surface area contributed by atoms with Gasteiger partial charge in [0.1, 0.15) is 0 Å². The highest BCUT2D eigenvalue weighted by molar-refractivity contribution is 5.71. The zero-order chi connectivity index (χ0) is 11.7. The van der Waals surface area contributed by atoms with Crippen LogP contribution >= 0.6 is 0 Å². The summed E-state index contributed by atoms with van der Waals surface area (Å²) in [6.07, 6.45) is 1.06. The molecule has 0 aliphatic carbocycles. The molecular formula is C12H19NO2. The lowest BCUT2D eigenvalue weighted by Gasteiger charge is -1.97. The van der Waals surface area contributed by atoms with E-state index >= 15 is 0 Å². The Balaban J connectivity index is 0.000000336. The number of carbonyl (C=O) groups is 1. The Bertz CT molecular complexity index is 285. The molecule has 0 aliphatic rings. The Labute approximate surface area is 91.5 Å². The van der Waals surface area contributed by atoms with Crippen molar-refractivity contribution in [2.24, 2.45) is 0 Å². The van der Waals surface area contributed by atoms with Gasteiger partial charge in [0, 0.05) is 12.8 Å². The molecule has 1 rings (SSSR count). The molecule has 0 spiro atoms. The number of hydrogen-bond acceptors (Lipinski definition) is 2. The van der Waals surface area contributed by atoms with E-state index in [9.17, 15) is 4.79 Å². The van der Waals surface area contributed by atoms with Crippen LogP contribution in [0.5, 0.6) is 0 Å². The Morgan fingerprint density at radius 3 is 2.40 bits per heavy atom. The molecule has 3 heteroatoms. The van der Waals surface area contributed by atoms with Gasteiger partial charge in [0.2, 0.25) is 6.41 Å². The van der Waals surface area contributed by atoms with Crippen molar-refractivity contribution in [3.8, 4) is 0 Å². The van der Waals surface area contributed by atoms with Gasteiger partial charge in [-0.15, -0.1) is 0 Å². The number of aryl methyl sites for hydroxylation is 1. The second-order valence-corrected chi connectivity index (χ2v) is 3.42. The number of ether oxygens (including phenoxy) is 1. The van der Waals surface area contributed by atoms with Crippen LogP contribution in [0.4, 0.5) is 5.69 Å². The van der Waals surface area contributed by atoms with Crippen LogP contribution in [0.15, 0.2) is 24.3 Å². The summed E-state index contributed by atoms with van der Waals surface area (Å²) in [4.78, 5) is 9.97. The van der Waals surface area contributed by atoms with Crippen molar-refractivity contribution in [2.75, 3.05) is 12.4 Å². The zero-order valence-electron chi connectivity index (χ0n) is 9.78. The first-order valence-corrected chi connectivity index (χ1v) is 4.89. The summed E-state index contributed by atoms with van der Waals surface area (Å²) in [5.41, 5.74) is 1.99. The lowest BCUT2D eigenvalue weighted by atomic mass is 10.2. The lowest BCUT2D eigenvalue weighted by molar-refractivity contribution is -0.105. The number of rotatable bonds is 3. The van der Waals surface area contributed by atoms with E-state index in [1.165, 1.54) is 0 Å². The van der Waals surface area contributed by atoms with E-state index in [0.717, 1.165) is 11.3 Å². The second-order valence-electron chi connectivity index (χ2n) is 3.42. The first kappa shape index (κ1) is 13.7. The van der Waals surface area contributed by atoms with Gasteiger partial charge in [0.05, 0.1) is 6.10 Å².